The zero-order chi connectivity index (χ0) is 14.8. The fourth-order valence-corrected chi connectivity index (χ4v) is 2.75. The van der Waals surface area contributed by atoms with Crippen molar-refractivity contribution in [3.8, 4) is 0 Å². The van der Waals surface area contributed by atoms with Crippen molar-refractivity contribution in [2.24, 2.45) is 0 Å². The number of benzene rings is 2. The number of aromatic nitrogens is 1. The Kier molecular flexibility index (Phi) is 3.94. The Labute approximate surface area is 128 Å². The third-order valence-electron chi connectivity index (χ3n) is 2.86. The van der Waals surface area contributed by atoms with Crippen molar-refractivity contribution in [3.05, 3.63) is 69.3 Å². The predicted octanol–water partition coefficient (Wildman–Crippen LogP) is 4.27. The van der Waals surface area contributed by atoms with Crippen LogP contribution in [0.15, 0.2) is 56.9 Å². The maximum absolute atomic E-state index is 13.5. The smallest absolute Gasteiger partial charge is 0.350 e. The molecule has 0 aliphatic carbocycles. The summed E-state index contributed by atoms with van der Waals surface area (Å²) in [7, 11) is 0. The average molecular weight is 322 g/mol. The first kappa shape index (κ1) is 14.1. The van der Waals surface area contributed by atoms with Gasteiger partial charge < -0.3 is 4.42 Å². The summed E-state index contributed by atoms with van der Waals surface area (Å²) in [4.78, 5) is 16.0. The molecule has 3 nitrogen and oxygen atoms in total. The Hall–Kier alpha value is -1.85. The van der Waals surface area contributed by atoms with E-state index in [9.17, 15) is 9.18 Å². The molecule has 106 valence electrons. The Morgan fingerprint density at radius 1 is 1.19 bits per heavy atom. The monoisotopic (exact) mass is 321 g/mol. The van der Waals surface area contributed by atoms with Crippen LogP contribution in [0.3, 0.4) is 0 Å². The van der Waals surface area contributed by atoms with Crippen molar-refractivity contribution >= 4 is 34.3 Å². The summed E-state index contributed by atoms with van der Waals surface area (Å²) in [6.07, 6.45) is 0. The third kappa shape index (κ3) is 3.09. The van der Waals surface area contributed by atoms with E-state index in [1.54, 1.807) is 18.2 Å². The Bertz CT molecular complexity index is 848. The minimum absolute atomic E-state index is 0.117. The van der Waals surface area contributed by atoms with Gasteiger partial charge in [-0.15, -0.1) is 0 Å². The van der Waals surface area contributed by atoms with Gasteiger partial charge in [-0.2, -0.15) is 0 Å². The van der Waals surface area contributed by atoms with Gasteiger partial charge in [-0.05, 0) is 29.8 Å². The van der Waals surface area contributed by atoms with E-state index >= 15 is 0 Å². The van der Waals surface area contributed by atoms with Crippen LogP contribution < -0.4 is 5.63 Å². The number of nitrogens with zero attached hydrogens (tertiary/aromatic N) is 1. The highest BCUT2D eigenvalue weighted by molar-refractivity contribution is 7.98. The molecule has 0 amide bonds. The molecule has 6 heteroatoms. The van der Waals surface area contributed by atoms with E-state index in [0.717, 1.165) is 5.56 Å². The summed E-state index contributed by atoms with van der Waals surface area (Å²) in [6.45, 7) is 0. The topological polar surface area (TPSA) is 43.1 Å². The van der Waals surface area contributed by atoms with Crippen molar-refractivity contribution < 1.29 is 8.81 Å². The molecule has 0 saturated carbocycles. The van der Waals surface area contributed by atoms with Gasteiger partial charge >= 0.3 is 5.63 Å². The molecule has 0 aliphatic rings. The number of fused-ring (bicyclic) bond motifs is 1. The van der Waals surface area contributed by atoms with E-state index < -0.39 is 11.4 Å². The standard InChI is InChI=1S/C15H9ClFNO2S/c16-10-6-4-9(5-7-10)8-21-15-18-12-3-1-2-11(17)13(12)14(19)20-15/h1-7H,8H2. The van der Waals surface area contributed by atoms with Crippen molar-refractivity contribution in [1.29, 1.82) is 0 Å². The first-order chi connectivity index (χ1) is 10.1. The van der Waals surface area contributed by atoms with E-state index in [1.165, 1.54) is 23.9 Å². The maximum Gasteiger partial charge on any atom is 0.350 e. The molecule has 2 aromatic carbocycles. The maximum atomic E-state index is 13.5. The van der Waals surface area contributed by atoms with Gasteiger partial charge in [-0.25, -0.2) is 14.2 Å². The van der Waals surface area contributed by atoms with Crippen LogP contribution in [0.1, 0.15) is 5.56 Å². The molecule has 0 aliphatic heterocycles. The van der Waals surface area contributed by atoms with E-state index in [0.29, 0.717) is 16.3 Å². The fraction of sp³-hybridized carbons (Fsp3) is 0.0667. The van der Waals surface area contributed by atoms with Crippen LogP contribution >= 0.6 is 23.4 Å². The van der Waals surface area contributed by atoms with E-state index in [2.05, 4.69) is 4.98 Å². The third-order valence-corrected chi connectivity index (χ3v) is 4.01. The zero-order valence-corrected chi connectivity index (χ0v) is 12.2. The molecule has 1 heterocycles. The van der Waals surface area contributed by atoms with Crippen LogP contribution in [0.2, 0.25) is 5.02 Å². The van der Waals surface area contributed by atoms with Crippen LogP contribution in [-0.2, 0) is 5.75 Å². The average Bonchev–Trinajstić information content (AvgIpc) is 2.46. The van der Waals surface area contributed by atoms with Crippen molar-refractivity contribution in [2.75, 3.05) is 0 Å². The number of halogens is 2. The summed E-state index contributed by atoms with van der Waals surface area (Å²) in [6, 6.07) is 11.6. The van der Waals surface area contributed by atoms with Gasteiger partial charge in [0, 0.05) is 10.8 Å². The second-order valence-corrected chi connectivity index (χ2v) is 5.68. The summed E-state index contributed by atoms with van der Waals surface area (Å²) < 4.78 is 18.6. The number of thioether (sulfide) groups is 1. The van der Waals surface area contributed by atoms with Crippen LogP contribution in [0.25, 0.3) is 10.9 Å². The molecule has 3 aromatic rings. The van der Waals surface area contributed by atoms with Gasteiger partial charge in [-0.3, -0.25) is 0 Å². The highest BCUT2D eigenvalue weighted by atomic mass is 35.5. The largest absolute Gasteiger partial charge is 0.397 e. The molecule has 0 spiro atoms. The Morgan fingerprint density at radius 3 is 2.71 bits per heavy atom. The molecule has 1 aromatic heterocycles. The van der Waals surface area contributed by atoms with Gasteiger partial charge in [0.05, 0.1) is 5.52 Å². The number of hydrogen-bond donors (Lipinski definition) is 0. The molecule has 0 fully saturated rings. The molecular formula is C15H9ClFNO2S. The summed E-state index contributed by atoms with van der Waals surface area (Å²) >= 11 is 7.09. The van der Waals surface area contributed by atoms with Gasteiger partial charge in [-0.1, -0.05) is 41.6 Å². The molecule has 0 radical (unpaired) electrons. The minimum atomic E-state index is -0.711. The van der Waals surface area contributed by atoms with Crippen LogP contribution in [-0.4, -0.2) is 4.98 Å². The van der Waals surface area contributed by atoms with Crippen molar-refractivity contribution in [1.82, 2.24) is 4.98 Å². The highest BCUT2D eigenvalue weighted by Crippen LogP contribution is 2.23. The molecule has 0 atom stereocenters. The van der Waals surface area contributed by atoms with E-state index in [-0.39, 0.29) is 10.6 Å². The molecule has 21 heavy (non-hydrogen) atoms. The molecule has 0 bridgehead atoms. The quantitative estimate of drug-likeness (QED) is 0.676. The molecule has 3 rings (SSSR count). The second-order valence-electron chi connectivity index (χ2n) is 4.32. The number of hydrogen-bond acceptors (Lipinski definition) is 4. The van der Waals surface area contributed by atoms with Gasteiger partial charge in [0.15, 0.2) is 0 Å². The van der Waals surface area contributed by atoms with E-state index in [1.807, 2.05) is 12.1 Å². The Balaban J connectivity index is 1.88. The van der Waals surface area contributed by atoms with Gasteiger partial charge in [0.2, 0.25) is 0 Å². The van der Waals surface area contributed by atoms with Crippen molar-refractivity contribution in [2.45, 2.75) is 11.0 Å². The summed E-state index contributed by atoms with van der Waals surface area (Å²) in [5, 5.41) is 0.760. The molecule has 0 unspecified atom stereocenters. The molecular weight excluding hydrogens is 313 g/mol. The lowest BCUT2D eigenvalue weighted by molar-refractivity contribution is 0.399. The number of rotatable bonds is 3. The van der Waals surface area contributed by atoms with Gasteiger partial charge in [0.25, 0.3) is 5.22 Å². The normalized spacial score (nSPS) is 11.0. The first-order valence-corrected chi connectivity index (χ1v) is 7.46. The SMILES string of the molecule is O=c1oc(SCc2ccc(Cl)cc2)nc2cccc(F)c12. The predicted molar refractivity (Wildman–Crippen MR) is 81.3 cm³/mol. The second kappa shape index (κ2) is 5.87. The minimum Gasteiger partial charge on any atom is -0.397 e. The summed E-state index contributed by atoms with van der Waals surface area (Å²) in [5.41, 5.74) is 0.606. The lowest BCUT2D eigenvalue weighted by atomic mass is 10.2. The van der Waals surface area contributed by atoms with Crippen LogP contribution in [0.4, 0.5) is 4.39 Å². The summed E-state index contributed by atoms with van der Waals surface area (Å²) in [5.74, 6) is -0.0449. The molecule has 0 N–H and O–H groups in total. The molecule has 0 saturated heterocycles. The highest BCUT2D eigenvalue weighted by Gasteiger charge is 2.10. The first-order valence-electron chi connectivity index (χ1n) is 6.10. The zero-order valence-electron chi connectivity index (χ0n) is 10.7. The van der Waals surface area contributed by atoms with E-state index in [4.69, 9.17) is 16.0 Å². The van der Waals surface area contributed by atoms with Gasteiger partial charge in [0.1, 0.15) is 11.2 Å². The van der Waals surface area contributed by atoms with Crippen LogP contribution in [0.5, 0.6) is 0 Å². The van der Waals surface area contributed by atoms with Crippen molar-refractivity contribution in [3.63, 3.8) is 0 Å². The Morgan fingerprint density at radius 2 is 1.95 bits per heavy atom. The lowest BCUT2D eigenvalue weighted by Crippen LogP contribution is -2.04. The lowest BCUT2D eigenvalue weighted by Gasteiger charge is -2.02. The fourth-order valence-electron chi connectivity index (χ4n) is 1.85. The van der Waals surface area contributed by atoms with Crippen LogP contribution in [0, 0.1) is 5.82 Å².